The zero-order valence-corrected chi connectivity index (χ0v) is 13.7. The van der Waals surface area contributed by atoms with Crippen LogP contribution in [0.5, 0.6) is 0 Å². The van der Waals surface area contributed by atoms with Crippen LogP contribution < -0.4 is 10.6 Å². The fourth-order valence-corrected chi connectivity index (χ4v) is 4.30. The van der Waals surface area contributed by atoms with Gasteiger partial charge in [-0.3, -0.25) is 0 Å². The summed E-state index contributed by atoms with van der Waals surface area (Å²) in [4.78, 5) is 2.48. The predicted octanol–water partition coefficient (Wildman–Crippen LogP) is 3.70. The van der Waals surface area contributed by atoms with Crippen molar-refractivity contribution in [3.05, 3.63) is 28.2 Å². The first-order chi connectivity index (χ1) is 10.2. The van der Waals surface area contributed by atoms with Gasteiger partial charge in [-0.25, -0.2) is 0 Å². The van der Waals surface area contributed by atoms with Crippen LogP contribution in [0.4, 0.5) is 5.69 Å². The lowest BCUT2D eigenvalue weighted by Gasteiger charge is -2.32. The van der Waals surface area contributed by atoms with Gasteiger partial charge >= 0.3 is 0 Å². The van der Waals surface area contributed by atoms with Gasteiger partial charge in [0.1, 0.15) is 0 Å². The number of hydrogen-bond donors (Lipinski definition) is 2. The molecule has 1 aromatic rings. The molecule has 1 saturated carbocycles. The molecule has 2 fully saturated rings. The topological polar surface area (TPSA) is 61.9 Å². The molecule has 5 heteroatoms. The molecule has 114 valence electrons. The molecule has 3 N–H and O–H groups in total. The maximum atomic E-state index is 9.05. The second kappa shape index (κ2) is 6.26. The van der Waals surface area contributed by atoms with Crippen molar-refractivity contribution in [1.82, 2.24) is 0 Å². The Bertz CT molecular complexity index is 540. The molecule has 1 atom stereocenters. The molecule has 1 heterocycles. The Hall–Kier alpha value is -1.23. The molecule has 1 saturated heterocycles. The Morgan fingerprint density at radius 2 is 2.00 bits per heavy atom. The molecular formula is C16H22BrN3O. The van der Waals surface area contributed by atoms with Gasteiger partial charge in [-0.2, -0.15) is 0 Å². The molecule has 1 aliphatic heterocycles. The maximum absolute atomic E-state index is 9.05. The van der Waals surface area contributed by atoms with Crippen LogP contribution in [0.1, 0.15) is 44.1 Å². The van der Waals surface area contributed by atoms with Crippen LogP contribution in [0.25, 0.3) is 0 Å². The van der Waals surface area contributed by atoms with E-state index < -0.39 is 0 Å². The average Bonchev–Trinajstić information content (AvgIpc) is 3.16. The van der Waals surface area contributed by atoms with E-state index in [9.17, 15) is 0 Å². The van der Waals surface area contributed by atoms with E-state index in [0.29, 0.717) is 6.04 Å². The Balaban J connectivity index is 1.95. The third kappa shape index (κ3) is 2.89. The van der Waals surface area contributed by atoms with Gasteiger partial charge in [-0.1, -0.05) is 33.9 Å². The highest BCUT2D eigenvalue weighted by Crippen LogP contribution is 2.39. The van der Waals surface area contributed by atoms with Gasteiger partial charge in [0, 0.05) is 28.3 Å². The molecule has 1 aliphatic carbocycles. The Kier molecular flexibility index (Phi) is 4.38. The summed E-state index contributed by atoms with van der Waals surface area (Å²) < 4.78 is 0.949. The summed E-state index contributed by atoms with van der Waals surface area (Å²) in [6.45, 7) is 1.06. The lowest BCUT2D eigenvalue weighted by Crippen LogP contribution is -2.36. The first kappa shape index (κ1) is 14.7. The van der Waals surface area contributed by atoms with Crippen molar-refractivity contribution in [2.75, 3.05) is 11.4 Å². The summed E-state index contributed by atoms with van der Waals surface area (Å²) in [5.41, 5.74) is 7.80. The fourth-order valence-electron chi connectivity index (χ4n) is 3.94. The fraction of sp³-hybridized carbons (Fsp3) is 0.562. The second-order valence-electron chi connectivity index (χ2n) is 6.09. The van der Waals surface area contributed by atoms with Crippen LogP contribution in [0.2, 0.25) is 0 Å². The third-order valence-electron chi connectivity index (χ3n) is 4.89. The summed E-state index contributed by atoms with van der Waals surface area (Å²) in [6, 6.07) is 6.67. The predicted molar refractivity (Wildman–Crippen MR) is 89.0 cm³/mol. The van der Waals surface area contributed by atoms with E-state index in [1.807, 2.05) is 12.1 Å². The van der Waals surface area contributed by atoms with Gasteiger partial charge in [-0.05, 0) is 49.8 Å². The molecule has 3 rings (SSSR count). The highest BCUT2D eigenvalue weighted by Gasteiger charge is 2.34. The molecule has 0 radical (unpaired) electrons. The minimum absolute atomic E-state index is 0.184. The van der Waals surface area contributed by atoms with Crippen molar-refractivity contribution in [2.24, 2.45) is 16.8 Å². The first-order valence-electron chi connectivity index (χ1n) is 7.75. The van der Waals surface area contributed by atoms with Crippen LogP contribution >= 0.6 is 15.9 Å². The van der Waals surface area contributed by atoms with Crippen molar-refractivity contribution in [1.29, 1.82) is 0 Å². The number of anilines is 1. The Morgan fingerprint density at radius 1 is 1.24 bits per heavy atom. The number of benzene rings is 1. The molecule has 1 unspecified atom stereocenters. The van der Waals surface area contributed by atoms with E-state index in [2.05, 4.69) is 32.1 Å². The molecule has 2 aliphatic rings. The van der Waals surface area contributed by atoms with Crippen molar-refractivity contribution < 1.29 is 5.21 Å². The maximum Gasteiger partial charge on any atom is 0.172 e. The van der Waals surface area contributed by atoms with Crippen molar-refractivity contribution in [3.63, 3.8) is 0 Å². The van der Waals surface area contributed by atoms with E-state index in [1.165, 1.54) is 38.5 Å². The molecular weight excluding hydrogens is 330 g/mol. The number of nitrogens with zero attached hydrogens (tertiary/aromatic N) is 2. The van der Waals surface area contributed by atoms with E-state index in [-0.39, 0.29) is 5.84 Å². The van der Waals surface area contributed by atoms with Gasteiger partial charge in [0.25, 0.3) is 0 Å². The molecule has 0 amide bonds. The number of hydrogen-bond acceptors (Lipinski definition) is 3. The van der Waals surface area contributed by atoms with Gasteiger partial charge in [0.15, 0.2) is 5.84 Å². The molecule has 4 nitrogen and oxygen atoms in total. The van der Waals surface area contributed by atoms with E-state index >= 15 is 0 Å². The minimum atomic E-state index is 0.184. The van der Waals surface area contributed by atoms with Crippen LogP contribution in [0.3, 0.4) is 0 Å². The summed E-state index contributed by atoms with van der Waals surface area (Å²) in [5.74, 6) is 0.986. The number of oxime groups is 1. The molecule has 21 heavy (non-hydrogen) atoms. The molecule has 0 aromatic heterocycles. The van der Waals surface area contributed by atoms with Gasteiger partial charge < -0.3 is 15.8 Å². The van der Waals surface area contributed by atoms with Crippen LogP contribution in [-0.2, 0) is 0 Å². The zero-order chi connectivity index (χ0) is 14.8. The summed E-state index contributed by atoms with van der Waals surface area (Å²) in [5, 5.41) is 12.3. The highest BCUT2D eigenvalue weighted by molar-refractivity contribution is 9.10. The summed E-state index contributed by atoms with van der Waals surface area (Å²) in [7, 11) is 0. The minimum Gasteiger partial charge on any atom is -0.409 e. The number of nitrogens with two attached hydrogens (primary N) is 1. The highest BCUT2D eigenvalue weighted by atomic mass is 79.9. The lowest BCUT2D eigenvalue weighted by molar-refractivity contribution is 0.318. The van der Waals surface area contributed by atoms with Crippen LogP contribution in [-0.4, -0.2) is 23.6 Å². The van der Waals surface area contributed by atoms with Crippen molar-refractivity contribution in [3.8, 4) is 0 Å². The normalized spacial score (nSPS) is 24.0. The molecule has 1 aromatic carbocycles. The van der Waals surface area contributed by atoms with Crippen molar-refractivity contribution in [2.45, 2.75) is 44.6 Å². The number of rotatable bonds is 3. The first-order valence-corrected chi connectivity index (χ1v) is 8.54. The van der Waals surface area contributed by atoms with Gasteiger partial charge in [-0.15, -0.1) is 0 Å². The molecule has 0 bridgehead atoms. The SMILES string of the molecule is N/C(=N/O)c1cc(Br)ccc1N1CCCC1C1CCCC1. The average molecular weight is 352 g/mol. The third-order valence-corrected chi connectivity index (χ3v) is 5.39. The number of halogens is 1. The van der Waals surface area contributed by atoms with E-state index in [1.54, 1.807) is 0 Å². The Morgan fingerprint density at radius 3 is 2.71 bits per heavy atom. The van der Waals surface area contributed by atoms with Crippen LogP contribution in [0.15, 0.2) is 27.8 Å². The second-order valence-corrected chi connectivity index (χ2v) is 7.01. The standard InChI is InChI=1S/C16H22BrN3O/c17-12-7-8-15(13(10-12)16(18)19-21)20-9-3-6-14(20)11-4-1-2-5-11/h7-8,10-11,14,21H,1-6,9H2,(H2,18,19). The van der Waals surface area contributed by atoms with E-state index in [0.717, 1.165) is 28.2 Å². The number of amidine groups is 1. The monoisotopic (exact) mass is 351 g/mol. The summed E-state index contributed by atoms with van der Waals surface area (Å²) >= 11 is 3.47. The quantitative estimate of drug-likeness (QED) is 0.377. The summed E-state index contributed by atoms with van der Waals surface area (Å²) in [6.07, 6.45) is 7.90. The van der Waals surface area contributed by atoms with Gasteiger partial charge in [0.2, 0.25) is 0 Å². The van der Waals surface area contributed by atoms with Crippen molar-refractivity contribution >= 4 is 27.5 Å². The van der Waals surface area contributed by atoms with Crippen LogP contribution in [0, 0.1) is 5.92 Å². The van der Waals surface area contributed by atoms with Gasteiger partial charge in [0.05, 0.1) is 0 Å². The Labute approximate surface area is 134 Å². The smallest absolute Gasteiger partial charge is 0.172 e. The van der Waals surface area contributed by atoms with E-state index in [4.69, 9.17) is 10.9 Å². The lowest BCUT2D eigenvalue weighted by atomic mass is 9.95. The molecule has 0 spiro atoms. The zero-order valence-electron chi connectivity index (χ0n) is 12.1. The largest absolute Gasteiger partial charge is 0.409 e.